The Bertz CT molecular complexity index is 580. The van der Waals surface area contributed by atoms with E-state index in [4.69, 9.17) is 9.84 Å². The Morgan fingerprint density at radius 2 is 2.00 bits per heavy atom. The molecule has 1 saturated heterocycles. The minimum absolute atomic E-state index is 0.107. The van der Waals surface area contributed by atoms with Crippen molar-refractivity contribution in [2.45, 2.75) is 19.8 Å². The van der Waals surface area contributed by atoms with Gasteiger partial charge in [0.25, 0.3) is 6.43 Å². The standard InChI is InChI=1S/C16H20F2N2O4/c1-10-6-11(15(21)22)8-20(7-10)16(23)19-12-2-4-13(5-3-12)24-9-14(17)18/h2-5,10-11,14H,6-9H2,1H3,(H,19,23)(H,21,22). The SMILES string of the molecule is CC1CC(C(=O)O)CN(C(=O)Nc2ccc(OCC(F)F)cc2)C1. The third kappa shape index (κ3) is 5.07. The molecule has 2 unspecified atom stereocenters. The summed E-state index contributed by atoms with van der Waals surface area (Å²) in [5.74, 6) is -1.08. The van der Waals surface area contributed by atoms with E-state index in [1.54, 1.807) is 12.1 Å². The summed E-state index contributed by atoms with van der Waals surface area (Å²) < 4.78 is 29.0. The van der Waals surface area contributed by atoms with Gasteiger partial charge < -0.3 is 20.1 Å². The van der Waals surface area contributed by atoms with Gasteiger partial charge in [0.1, 0.15) is 12.4 Å². The first kappa shape index (κ1) is 18.0. The number of ether oxygens (including phenoxy) is 1. The number of nitrogens with zero attached hydrogens (tertiary/aromatic N) is 1. The van der Waals surface area contributed by atoms with E-state index < -0.39 is 24.9 Å². The first-order chi connectivity index (χ1) is 11.3. The van der Waals surface area contributed by atoms with Crippen molar-refractivity contribution >= 4 is 17.7 Å². The van der Waals surface area contributed by atoms with Gasteiger partial charge in [-0.1, -0.05) is 6.92 Å². The Morgan fingerprint density at radius 1 is 1.33 bits per heavy atom. The second kappa shape index (κ2) is 7.94. The lowest BCUT2D eigenvalue weighted by atomic mass is 9.91. The molecule has 8 heteroatoms. The predicted octanol–water partition coefficient (Wildman–Crippen LogP) is 2.91. The highest BCUT2D eigenvalue weighted by Crippen LogP contribution is 2.23. The number of halogens is 2. The number of urea groups is 1. The van der Waals surface area contributed by atoms with Gasteiger partial charge in [0.15, 0.2) is 0 Å². The second-order valence-corrected chi connectivity index (χ2v) is 5.94. The number of piperidine rings is 1. The lowest BCUT2D eigenvalue weighted by Crippen LogP contribution is -2.47. The molecule has 0 saturated carbocycles. The fraction of sp³-hybridized carbons (Fsp3) is 0.500. The molecule has 0 bridgehead atoms. The number of rotatable bonds is 5. The number of likely N-dealkylation sites (tertiary alicyclic amines) is 1. The van der Waals surface area contributed by atoms with Crippen LogP contribution in [0.5, 0.6) is 5.75 Å². The molecule has 1 aromatic rings. The van der Waals surface area contributed by atoms with Crippen LogP contribution in [0.2, 0.25) is 0 Å². The summed E-state index contributed by atoms with van der Waals surface area (Å²) in [5.41, 5.74) is 0.481. The summed E-state index contributed by atoms with van der Waals surface area (Å²) in [5, 5.41) is 11.8. The van der Waals surface area contributed by atoms with Gasteiger partial charge in [-0.25, -0.2) is 13.6 Å². The van der Waals surface area contributed by atoms with Gasteiger partial charge in [0.05, 0.1) is 5.92 Å². The fourth-order valence-electron chi connectivity index (χ4n) is 2.69. The van der Waals surface area contributed by atoms with Gasteiger partial charge >= 0.3 is 12.0 Å². The molecule has 1 fully saturated rings. The first-order valence-electron chi connectivity index (χ1n) is 7.65. The largest absolute Gasteiger partial charge is 0.488 e. The van der Waals surface area contributed by atoms with E-state index in [1.165, 1.54) is 17.0 Å². The summed E-state index contributed by atoms with van der Waals surface area (Å²) in [6.07, 6.45) is -2.00. The number of alkyl halides is 2. The Hall–Kier alpha value is -2.38. The monoisotopic (exact) mass is 342 g/mol. The van der Waals surface area contributed by atoms with Crippen LogP contribution in [0.15, 0.2) is 24.3 Å². The number of carbonyl (C=O) groups is 2. The van der Waals surface area contributed by atoms with E-state index in [0.29, 0.717) is 18.7 Å². The molecule has 0 aromatic heterocycles. The van der Waals surface area contributed by atoms with Crippen LogP contribution in [-0.4, -0.2) is 48.1 Å². The Balaban J connectivity index is 1.92. The van der Waals surface area contributed by atoms with Crippen LogP contribution >= 0.6 is 0 Å². The molecule has 0 radical (unpaired) electrons. The summed E-state index contributed by atoms with van der Waals surface area (Å²) in [7, 11) is 0. The predicted molar refractivity (Wildman–Crippen MR) is 83.4 cm³/mol. The topological polar surface area (TPSA) is 78.9 Å². The molecule has 24 heavy (non-hydrogen) atoms. The van der Waals surface area contributed by atoms with Gasteiger partial charge in [-0.05, 0) is 36.6 Å². The third-order valence-corrected chi connectivity index (χ3v) is 3.78. The molecular formula is C16H20F2N2O4. The Labute approximate surface area is 138 Å². The molecule has 2 atom stereocenters. The van der Waals surface area contributed by atoms with Gasteiger partial charge in [-0.2, -0.15) is 0 Å². The van der Waals surface area contributed by atoms with Crippen molar-refractivity contribution in [3.05, 3.63) is 24.3 Å². The fourth-order valence-corrected chi connectivity index (χ4v) is 2.69. The van der Waals surface area contributed by atoms with E-state index >= 15 is 0 Å². The molecule has 0 spiro atoms. The molecule has 1 aromatic carbocycles. The summed E-state index contributed by atoms with van der Waals surface area (Å²) >= 11 is 0. The van der Waals surface area contributed by atoms with Gasteiger partial charge in [0.2, 0.25) is 0 Å². The normalized spacial score (nSPS) is 20.8. The van der Waals surface area contributed by atoms with Gasteiger partial charge in [-0.3, -0.25) is 4.79 Å². The number of carboxylic acids is 1. The van der Waals surface area contributed by atoms with Crippen molar-refractivity contribution in [2.75, 3.05) is 25.0 Å². The van der Waals surface area contributed by atoms with Crippen molar-refractivity contribution in [1.29, 1.82) is 0 Å². The van der Waals surface area contributed by atoms with Crippen LogP contribution in [0.1, 0.15) is 13.3 Å². The van der Waals surface area contributed by atoms with Crippen molar-refractivity contribution in [3.63, 3.8) is 0 Å². The van der Waals surface area contributed by atoms with Crippen LogP contribution < -0.4 is 10.1 Å². The highest BCUT2D eigenvalue weighted by atomic mass is 19.3. The number of aliphatic carboxylic acids is 1. The lowest BCUT2D eigenvalue weighted by molar-refractivity contribution is -0.143. The zero-order valence-electron chi connectivity index (χ0n) is 13.2. The summed E-state index contributed by atoms with van der Waals surface area (Å²) in [6, 6.07) is 5.67. The van der Waals surface area contributed by atoms with E-state index in [0.717, 1.165) is 0 Å². The zero-order valence-corrected chi connectivity index (χ0v) is 13.2. The van der Waals surface area contributed by atoms with Crippen LogP contribution in [-0.2, 0) is 4.79 Å². The molecule has 0 aliphatic carbocycles. The average molecular weight is 342 g/mol. The summed E-state index contributed by atoms with van der Waals surface area (Å²) in [4.78, 5) is 24.9. The molecule has 1 heterocycles. The first-order valence-corrected chi connectivity index (χ1v) is 7.65. The van der Waals surface area contributed by atoms with Crippen molar-refractivity contribution < 1.29 is 28.2 Å². The number of benzene rings is 1. The maximum absolute atomic E-state index is 12.3. The number of anilines is 1. The molecule has 2 N–H and O–H groups in total. The van der Waals surface area contributed by atoms with Crippen LogP contribution in [0.3, 0.4) is 0 Å². The smallest absolute Gasteiger partial charge is 0.321 e. The van der Waals surface area contributed by atoms with Crippen molar-refractivity contribution in [3.8, 4) is 5.75 Å². The minimum atomic E-state index is -2.55. The average Bonchev–Trinajstić information content (AvgIpc) is 2.53. The number of nitrogens with one attached hydrogen (secondary N) is 1. The Morgan fingerprint density at radius 3 is 2.58 bits per heavy atom. The maximum atomic E-state index is 12.3. The number of hydrogen-bond acceptors (Lipinski definition) is 3. The molecular weight excluding hydrogens is 322 g/mol. The highest BCUT2D eigenvalue weighted by molar-refractivity contribution is 5.89. The molecule has 1 aliphatic heterocycles. The lowest BCUT2D eigenvalue weighted by Gasteiger charge is -2.34. The molecule has 2 rings (SSSR count). The van der Waals surface area contributed by atoms with E-state index in [-0.39, 0.29) is 24.2 Å². The van der Waals surface area contributed by atoms with Gasteiger partial charge in [-0.15, -0.1) is 0 Å². The quantitative estimate of drug-likeness (QED) is 0.862. The molecule has 2 amide bonds. The van der Waals surface area contributed by atoms with Crippen molar-refractivity contribution in [1.82, 2.24) is 4.90 Å². The number of hydrogen-bond donors (Lipinski definition) is 2. The van der Waals surface area contributed by atoms with E-state index in [2.05, 4.69) is 5.32 Å². The third-order valence-electron chi connectivity index (χ3n) is 3.78. The van der Waals surface area contributed by atoms with Gasteiger partial charge in [0, 0.05) is 18.8 Å². The zero-order chi connectivity index (χ0) is 17.7. The van der Waals surface area contributed by atoms with Crippen LogP contribution in [0.25, 0.3) is 0 Å². The molecule has 6 nitrogen and oxygen atoms in total. The minimum Gasteiger partial charge on any atom is -0.488 e. The molecule has 132 valence electrons. The van der Waals surface area contributed by atoms with E-state index in [1.807, 2.05) is 6.92 Å². The summed E-state index contributed by atoms with van der Waals surface area (Å²) in [6.45, 7) is 1.88. The highest BCUT2D eigenvalue weighted by Gasteiger charge is 2.31. The molecule has 1 aliphatic rings. The second-order valence-electron chi connectivity index (χ2n) is 5.94. The maximum Gasteiger partial charge on any atom is 0.321 e. The number of carboxylic acid groups (broad SMARTS) is 1. The van der Waals surface area contributed by atoms with E-state index in [9.17, 15) is 18.4 Å². The van der Waals surface area contributed by atoms with Crippen molar-refractivity contribution in [2.24, 2.45) is 11.8 Å². The Kier molecular flexibility index (Phi) is 5.94. The number of amides is 2. The van der Waals surface area contributed by atoms with Crippen LogP contribution in [0, 0.1) is 11.8 Å². The van der Waals surface area contributed by atoms with Crippen LogP contribution in [0.4, 0.5) is 19.3 Å². The number of carbonyl (C=O) groups excluding carboxylic acids is 1.